The molecule has 3 aromatic heterocycles. The first-order valence-corrected chi connectivity index (χ1v) is 10.8. The maximum Gasteiger partial charge on any atom is 0.258 e. The van der Waals surface area contributed by atoms with E-state index in [9.17, 15) is 10.1 Å². The number of hydrogen-bond donors (Lipinski definition) is 2. The van der Waals surface area contributed by atoms with Gasteiger partial charge in [-0.2, -0.15) is 10.4 Å². The van der Waals surface area contributed by atoms with Crippen molar-refractivity contribution >= 4 is 39.0 Å². The van der Waals surface area contributed by atoms with Crippen molar-refractivity contribution < 1.29 is 4.79 Å². The first-order valence-electron chi connectivity index (χ1n) is 9.96. The van der Waals surface area contributed by atoms with E-state index in [0.717, 1.165) is 5.56 Å². The molecular weight excluding hydrogens is 422 g/mol. The Bertz CT molecular complexity index is 1370. The summed E-state index contributed by atoms with van der Waals surface area (Å²) < 4.78 is 1.80. The number of pyridine rings is 1. The number of carbonyl (C=O) groups excluding carboxylic acids is 1. The first-order chi connectivity index (χ1) is 15.4. The van der Waals surface area contributed by atoms with Gasteiger partial charge in [0, 0.05) is 22.7 Å². The third-order valence-electron chi connectivity index (χ3n) is 4.86. The number of nitrogens with one attached hydrogen (secondary N) is 1. The lowest BCUT2D eigenvalue weighted by molar-refractivity contribution is 0.102. The van der Waals surface area contributed by atoms with E-state index in [1.54, 1.807) is 29.2 Å². The molecule has 4 rings (SSSR count). The molecule has 3 N–H and O–H groups in total. The summed E-state index contributed by atoms with van der Waals surface area (Å²) in [5.41, 5.74) is 9.53. The molecule has 3 heterocycles. The van der Waals surface area contributed by atoms with Crippen molar-refractivity contribution in [2.75, 3.05) is 5.32 Å². The molecule has 0 fully saturated rings. The minimum Gasteiger partial charge on any atom is -0.401 e. The number of anilines is 1. The normalized spacial score (nSPS) is 12.0. The largest absolute Gasteiger partial charge is 0.401 e. The molecule has 0 unspecified atom stereocenters. The van der Waals surface area contributed by atoms with E-state index in [1.807, 2.05) is 50.2 Å². The van der Waals surface area contributed by atoms with E-state index in [1.165, 1.54) is 11.3 Å². The fourth-order valence-electron chi connectivity index (χ4n) is 3.30. The topological polar surface area (TPSA) is 123 Å². The molecule has 160 valence electrons. The Morgan fingerprint density at radius 2 is 2.00 bits per heavy atom. The average molecular weight is 444 g/mol. The number of thiazole rings is 1. The van der Waals surface area contributed by atoms with Crippen LogP contribution in [0.1, 0.15) is 42.9 Å². The van der Waals surface area contributed by atoms with E-state index in [2.05, 4.69) is 15.4 Å². The van der Waals surface area contributed by atoms with Gasteiger partial charge in [0.25, 0.3) is 5.91 Å². The van der Waals surface area contributed by atoms with Crippen LogP contribution in [0.3, 0.4) is 0 Å². The van der Waals surface area contributed by atoms with Gasteiger partial charge in [-0.25, -0.2) is 14.6 Å². The monoisotopic (exact) mass is 443 g/mol. The van der Waals surface area contributed by atoms with Crippen LogP contribution in [0.15, 0.2) is 53.7 Å². The Morgan fingerprint density at radius 3 is 2.66 bits per heavy atom. The maximum absolute atomic E-state index is 13.3. The van der Waals surface area contributed by atoms with Crippen molar-refractivity contribution in [2.24, 2.45) is 5.73 Å². The first kappa shape index (κ1) is 21.2. The highest BCUT2D eigenvalue weighted by molar-refractivity contribution is 7.14. The number of nitrogens with zero attached hydrogens (tertiary/aromatic N) is 5. The second-order valence-electron chi connectivity index (χ2n) is 7.50. The molecule has 0 aliphatic heterocycles. The fourth-order valence-corrected chi connectivity index (χ4v) is 4.00. The molecule has 8 nitrogen and oxygen atoms in total. The van der Waals surface area contributed by atoms with Crippen molar-refractivity contribution in [1.82, 2.24) is 19.7 Å². The Balaban J connectivity index is 1.77. The zero-order chi connectivity index (χ0) is 22.8. The predicted molar refractivity (Wildman–Crippen MR) is 126 cm³/mol. The summed E-state index contributed by atoms with van der Waals surface area (Å²) in [5, 5.41) is 19.3. The molecule has 0 bridgehead atoms. The molecule has 1 aromatic carbocycles. The van der Waals surface area contributed by atoms with Gasteiger partial charge in [-0.15, -0.1) is 11.3 Å². The number of nitriles is 1. The van der Waals surface area contributed by atoms with Crippen molar-refractivity contribution in [1.29, 1.82) is 5.26 Å². The Morgan fingerprint density at radius 1 is 1.25 bits per heavy atom. The number of fused-ring (bicyclic) bond motifs is 1. The number of nitrogens with two attached hydrogens (primary N) is 1. The van der Waals surface area contributed by atoms with E-state index < -0.39 is 0 Å². The number of carbonyl (C=O) groups is 1. The van der Waals surface area contributed by atoms with Crippen LogP contribution in [-0.4, -0.2) is 25.7 Å². The lowest BCUT2D eigenvalue weighted by atomic mass is 10.1. The fraction of sp³-hybridized carbons (Fsp3) is 0.174. The number of hydrogen-bond acceptors (Lipinski definition) is 7. The maximum atomic E-state index is 13.3. The molecule has 1 amide bonds. The van der Waals surface area contributed by atoms with Crippen molar-refractivity contribution in [2.45, 2.75) is 26.8 Å². The predicted octanol–water partition coefficient (Wildman–Crippen LogP) is 4.60. The van der Waals surface area contributed by atoms with E-state index in [0.29, 0.717) is 38.8 Å². The second-order valence-corrected chi connectivity index (χ2v) is 8.36. The van der Waals surface area contributed by atoms with Gasteiger partial charge in [0.15, 0.2) is 10.8 Å². The summed E-state index contributed by atoms with van der Waals surface area (Å²) in [4.78, 5) is 22.4. The highest BCUT2D eigenvalue weighted by Crippen LogP contribution is 2.28. The number of benzene rings is 1. The van der Waals surface area contributed by atoms with Crippen LogP contribution in [0.4, 0.5) is 5.13 Å². The Kier molecular flexibility index (Phi) is 5.71. The number of rotatable bonds is 5. The second kappa shape index (κ2) is 8.61. The summed E-state index contributed by atoms with van der Waals surface area (Å²) in [6.07, 6.45) is 1.66. The number of allylic oxidation sites excluding steroid dienone is 2. The molecule has 0 aliphatic carbocycles. The third kappa shape index (κ3) is 3.96. The third-order valence-corrected chi connectivity index (χ3v) is 5.61. The van der Waals surface area contributed by atoms with Crippen LogP contribution in [-0.2, 0) is 0 Å². The van der Waals surface area contributed by atoms with Gasteiger partial charge < -0.3 is 5.73 Å². The smallest absolute Gasteiger partial charge is 0.258 e. The standard InChI is InChI=1S/C23H21N7OS/c1-13(2)30-21-18(11-26-30)16(9-19(27-21)15-7-5-4-6-8-15)22(31)29-23-28-20(12-32-23)17(10-24)14(3)25/h4-9,11-13H,25H2,1-3H3,(H,28,29,31). The highest BCUT2D eigenvalue weighted by Gasteiger charge is 2.20. The van der Waals surface area contributed by atoms with Crippen LogP contribution in [0, 0.1) is 11.3 Å². The number of amides is 1. The van der Waals surface area contributed by atoms with Crippen LogP contribution >= 0.6 is 11.3 Å². The molecule has 4 aromatic rings. The van der Waals surface area contributed by atoms with Gasteiger partial charge in [0.05, 0.1) is 34.1 Å². The lowest BCUT2D eigenvalue weighted by Crippen LogP contribution is -2.13. The molecule has 0 radical (unpaired) electrons. The van der Waals surface area contributed by atoms with Gasteiger partial charge in [0.2, 0.25) is 0 Å². The molecule has 0 saturated carbocycles. The van der Waals surface area contributed by atoms with Gasteiger partial charge in [-0.3, -0.25) is 10.1 Å². The summed E-state index contributed by atoms with van der Waals surface area (Å²) in [6.45, 7) is 5.67. The van der Waals surface area contributed by atoms with Crippen LogP contribution in [0.25, 0.3) is 27.9 Å². The average Bonchev–Trinajstić information content (AvgIpc) is 3.41. The highest BCUT2D eigenvalue weighted by atomic mass is 32.1. The minimum atomic E-state index is -0.328. The molecule has 0 spiro atoms. The molecule has 32 heavy (non-hydrogen) atoms. The summed E-state index contributed by atoms with van der Waals surface area (Å²) in [7, 11) is 0. The van der Waals surface area contributed by atoms with Gasteiger partial charge in [-0.1, -0.05) is 30.3 Å². The molecule has 0 aliphatic rings. The van der Waals surface area contributed by atoms with Crippen molar-refractivity contribution in [3.8, 4) is 17.3 Å². The molecule has 0 atom stereocenters. The van der Waals surface area contributed by atoms with E-state index in [-0.39, 0.29) is 17.5 Å². The SMILES string of the molecule is CC(N)=C(C#N)c1csc(NC(=O)c2cc(-c3ccccc3)nc3c2cnn3C(C)C)n1. The van der Waals surface area contributed by atoms with E-state index >= 15 is 0 Å². The van der Waals surface area contributed by atoms with Gasteiger partial charge >= 0.3 is 0 Å². The van der Waals surface area contributed by atoms with Crippen LogP contribution < -0.4 is 11.1 Å². The zero-order valence-electron chi connectivity index (χ0n) is 17.8. The summed E-state index contributed by atoms with van der Waals surface area (Å²) in [6, 6.07) is 13.6. The molecular formula is C23H21N7OS. The lowest BCUT2D eigenvalue weighted by Gasteiger charge is -2.10. The quantitative estimate of drug-likeness (QED) is 0.435. The summed E-state index contributed by atoms with van der Waals surface area (Å²) in [5.74, 6) is -0.328. The Labute approximate surface area is 189 Å². The van der Waals surface area contributed by atoms with E-state index in [4.69, 9.17) is 10.7 Å². The van der Waals surface area contributed by atoms with Crippen molar-refractivity contribution in [3.05, 3.63) is 64.9 Å². The number of aromatic nitrogens is 4. The van der Waals surface area contributed by atoms with Crippen LogP contribution in [0.5, 0.6) is 0 Å². The van der Waals surface area contributed by atoms with Crippen LogP contribution in [0.2, 0.25) is 0 Å². The summed E-state index contributed by atoms with van der Waals surface area (Å²) >= 11 is 1.23. The molecule has 9 heteroatoms. The zero-order valence-corrected chi connectivity index (χ0v) is 18.6. The van der Waals surface area contributed by atoms with Gasteiger partial charge in [0.1, 0.15) is 6.07 Å². The Hall–Kier alpha value is -4.03. The molecule has 0 saturated heterocycles. The van der Waals surface area contributed by atoms with Crippen molar-refractivity contribution in [3.63, 3.8) is 0 Å². The minimum absolute atomic E-state index is 0.0825. The van der Waals surface area contributed by atoms with Gasteiger partial charge in [-0.05, 0) is 26.8 Å².